The summed E-state index contributed by atoms with van der Waals surface area (Å²) in [6.07, 6.45) is 1.47. The fourth-order valence-corrected chi connectivity index (χ4v) is 3.66. The molecule has 8 nitrogen and oxygen atoms in total. The number of hydrogen-bond acceptors (Lipinski definition) is 6. The Kier molecular flexibility index (Phi) is 5.14. The molecule has 2 unspecified atom stereocenters. The zero-order chi connectivity index (χ0) is 21.3. The SMILES string of the molecule is C=C1Nc2ncnn2C(c2ccc(N(C)C)cc2)C1C(=O)Nc1ccccc1OC. The predicted molar refractivity (Wildman–Crippen MR) is 117 cm³/mol. The minimum atomic E-state index is -0.602. The third kappa shape index (κ3) is 3.47. The van der Waals surface area contributed by atoms with Crippen molar-refractivity contribution < 1.29 is 9.53 Å². The van der Waals surface area contributed by atoms with Crippen LogP contribution < -0.4 is 20.3 Å². The van der Waals surface area contributed by atoms with Crippen molar-refractivity contribution in [2.45, 2.75) is 6.04 Å². The van der Waals surface area contributed by atoms with Crippen molar-refractivity contribution >= 4 is 23.2 Å². The number of carbonyl (C=O) groups is 1. The van der Waals surface area contributed by atoms with Crippen LogP contribution in [0.1, 0.15) is 11.6 Å². The summed E-state index contributed by atoms with van der Waals surface area (Å²) in [5, 5.41) is 10.5. The predicted octanol–water partition coefficient (Wildman–Crippen LogP) is 3.14. The topological polar surface area (TPSA) is 84.3 Å². The molecule has 0 fully saturated rings. The van der Waals surface area contributed by atoms with Crippen LogP contribution in [0.2, 0.25) is 0 Å². The average Bonchev–Trinajstić information content (AvgIpc) is 3.21. The van der Waals surface area contributed by atoms with E-state index in [0.717, 1.165) is 11.3 Å². The van der Waals surface area contributed by atoms with E-state index in [2.05, 4.69) is 27.3 Å². The molecule has 0 aliphatic carbocycles. The van der Waals surface area contributed by atoms with E-state index in [0.29, 0.717) is 23.1 Å². The molecule has 8 heteroatoms. The van der Waals surface area contributed by atoms with Gasteiger partial charge in [-0.3, -0.25) is 4.79 Å². The minimum absolute atomic E-state index is 0.208. The standard InChI is InChI=1S/C22H24N6O2/c1-14-19(21(29)26-17-7-5-6-8-18(17)30-4)20(28-22(25-14)23-13-24-28)15-9-11-16(12-10-15)27(2)3/h5-13,19-20H,1H2,2-4H3,(H,26,29)(H,23,24,25). The van der Waals surface area contributed by atoms with Gasteiger partial charge in [0, 0.05) is 25.5 Å². The van der Waals surface area contributed by atoms with Crippen molar-refractivity contribution in [3.8, 4) is 5.75 Å². The Bertz CT molecular complexity index is 1070. The molecule has 2 atom stereocenters. The third-order valence-corrected chi connectivity index (χ3v) is 5.20. The van der Waals surface area contributed by atoms with E-state index in [4.69, 9.17) is 4.74 Å². The van der Waals surface area contributed by atoms with Crippen molar-refractivity contribution in [1.29, 1.82) is 0 Å². The summed E-state index contributed by atoms with van der Waals surface area (Å²) in [6.45, 7) is 4.11. The molecule has 0 saturated carbocycles. The lowest BCUT2D eigenvalue weighted by atomic mass is 9.88. The van der Waals surface area contributed by atoms with E-state index >= 15 is 0 Å². The molecule has 1 aromatic heterocycles. The number of fused-ring (bicyclic) bond motifs is 1. The van der Waals surface area contributed by atoms with Crippen molar-refractivity contribution in [2.24, 2.45) is 5.92 Å². The number of methoxy groups -OCH3 is 1. The van der Waals surface area contributed by atoms with Gasteiger partial charge in [-0.25, -0.2) is 4.68 Å². The number of benzene rings is 2. The number of nitrogens with one attached hydrogen (secondary N) is 2. The number of aromatic nitrogens is 3. The summed E-state index contributed by atoms with van der Waals surface area (Å²) in [4.78, 5) is 19.7. The molecule has 2 heterocycles. The highest BCUT2D eigenvalue weighted by Crippen LogP contribution is 2.38. The number of rotatable bonds is 5. The molecule has 30 heavy (non-hydrogen) atoms. The molecular formula is C22H24N6O2. The Morgan fingerprint density at radius 1 is 1.20 bits per heavy atom. The number of amides is 1. The molecule has 0 radical (unpaired) electrons. The highest BCUT2D eigenvalue weighted by molar-refractivity contribution is 5.97. The van der Waals surface area contributed by atoms with Gasteiger partial charge in [0.05, 0.1) is 18.8 Å². The van der Waals surface area contributed by atoms with Crippen LogP contribution in [-0.2, 0) is 4.79 Å². The van der Waals surface area contributed by atoms with Gasteiger partial charge in [0.25, 0.3) is 0 Å². The Hall–Kier alpha value is -3.81. The lowest BCUT2D eigenvalue weighted by Gasteiger charge is -2.34. The van der Waals surface area contributed by atoms with E-state index in [9.17, 15) is 4.79 Å². The van der Waals surface area contributed by atoms with E-state index in [1.807, 2.05) is 55.4 Å². The van der Waals surface area contributed by atoms with Crippen molar-refractivity contribution in [2.75, 3.05) is 36.7 Å². The molecule has 0 bridgehead atoms. The molecule has 0 spiro atoms. The van der Waals surface area contributed by atoms with E-state index in [-0.39, 0.29) is 11.9 Å². The maximum absolute atomic E-state index is 13.4. The normalized spacial score (nSPS) is 17.6. The molecule has 2 aromatic carbocycles. The summed E-state index contributed by atoms with van der Waals surface area (Å²) in [7, 11) is 5.55. The molecule has 2 N–H and O–H groups in total. The van der Waals surface area contributed by atoms with Crippen LogP contribution in [0.3, 0.4) is 0 Å². The Labute approximate surface area is 175 Å². The van der Waals surface area contributed by atoms with Gasteiger partial charge in [0.15, 0.2) is 0 Å². The van der Waals surface area contributed by atoms with Gasteiger partial charge >= 0.3 is 0 Å². The summed E-state index contributed by atoms with van der Waals surface area (Å²) in [5.41, 5.74) is 3.17. The Balaban J connectivity index is 1.72. The van der Waals surface area contributed by atoms with Crippen LogP contribution in [0, 0.1) is 5.92 Å². The number of hydrogen-bond donors (Lipinski definition) is 2. The molecule has 154 valence electrons. The fourth-order valence-electron chi connectivity index (χ4n) is 3.66. The number of para-hydroxylation sites is 2. The van der Waals surface area contributed by atoms with Crippen molar-refractivity contribution in [3.63, 3.8) is 0 Å². The Morgan fingerprint density at radius 2 is 1.93 bits per heavy atom. The monoisotopic (exact) mass is 404 g/mol. The molecule has 1 aliphatic heterocycles. The van der Waals surface area contributed by atoms with Gasteiger partial charge in [-0.05, 0) is 29.8 Å². The molecular weight excluding hydrogens is 380 g/mol. The third-order valence-electron chi connectivity index (χ3n) is 5.20. The zero-order valence-electron chi connectivity index (χ0n) is 17.2. The number of carbonyl (C=O) groups excluding carboxylic acids is 1. The smallest absolute Gasteiger partial charge is 0.236 e. The van der Waals surface area contributed by atoms with Gasteiger partial charge in [-0.1, -0.05) is 30.8 Å². The maximum Gasteiger partial charge on any atom is 0.236 e. The lowest BCUT2D eigenvalue weighted by molar-refractivity contribution is -0.119. The second-order valence-corrected chi connectivity index (χ2v) is 7.28. The highest BCUT2D eigenvalue weighted by atomic mass is 16.5. The first-order chi connectivity index (χ1) is 14.5. The number of nitrogens with zero attached hydrogens (tertiary/aromatic N) is 4. The van der Waals surface area contributed by atoms with Gasteiger partial charge in [0.2, 0.25) is 11.9 Å². The van der Waals surface area contributed by atoms with Gasteiger partial charge in [0.1, 0.15) is 18.0 Å². The second kappa shape index (κ2) is 7.90. The van der Waals surface area contributed by atoms with Crippen molar-refractivity contribution in [1.82, 2.24) is 14.8 Å². The molecule has 0 saturated heterocycles. The summed E-state index contributed by atoms with van der Waals surface area (Å²) >= 11 is 0. The molecule has 4 rings (SSSR count). The maximum atomic E-state index is 13.4. The van der Waals surface area contributed by atoms with Gasteiger partial charge < -0.3 is 20.3 Å². The van der Waals surface area contributed by atoms with E-state index in [1.54, 1.807) is 23.9 Å². The van der Waals surface area contributed by atoms with Crippen LogP contribution in [0.15, 0.2) is 67.1 Å². The summed E-state index contributed by atoms with van der Waals surface area (Å²) in [6, 6.07) is 15.0. The minimum Gasteiger partial charge on any atom is -0.495 e. The fraction of sp³-hybridized carbons (Fsp3) is 0.227. The molecule has 1 amide bonds. The van der Waals surface area contributed by atoms with Crippen LogP contribution in [-0.4, -0.2) is 41.9 Å². The highest BCUT2D eigenvalue weighted by Gasteiger charge is 2.39. The summed E-state index contributed by atoms with van der Waals surface area (Å²) in [5.74, 6) is 0.339. The van der Waals surface area contributed by atoms with Crippen molar-refractivity contribution in [3.05, 3.63) is 72.7 Å². The first kappa shape index (κ1) is 19.5. The first-order valence-corrected chi connectivity index (χ1v) is 9.56. The summed E-state index contributed by atoms with van der Waals surface area (Å²) < 4.78 is 7.09. The number of anilines is 3. The van der Waals surface area contributed by atoms with E-state index < -0.39 is 5.92 Å². The zero-order valence-corrected chi connectivity index (χ0v) is 17.2. The average molecular weight is 404 g/mol. The van der Waals surface area contributed by atoms with Crippen LogP contribution >= 0.6 is 0 Å². The van der Waals surface area contributed by atoms with Gasteiger partial charge in [-0.15, -0.1) is 0 Å². The first-order valence-electron chi connectivity index (χ1n) is 9.56. The number of ether oxygens (including phenoxy) is 1. The van der Waals surface area contributed by atoms with Crippen LogP contribution in [0.4, 0.5) is 17.3 Å². The van der Waals surface area contributed by atoms with E-state index in [1.165, 1.54) is 6.33 Å². The van der Waals surface area contributed by atoms with Gasteiger partial charge in [-0.2, -0.15) is 10.1 Å². The molecule has 3 aromatic rings. The quantitative estimate of drug-likeness (QED) is 0.680. The van der Waals surface area contributed by atoms with Crippen LogP contribution in [0.25, 0.3) is 0 Å². The second-order valence-electron chi connectivity index (χ2n) is 7.28. The van der Waals surface area contributed by atoms with Crippen LogP contribution in [0.5, 0.6) is 5.75 Å². The molecule has 1 aliphatic rings. The lowest BCUT2D eigenvalue weighted by Crippen LogP contribution is -2.39. The largest absolute Gasteiger partial charge is 0.495 e. The Morgan fingerprint density at radius 3 is 2.63 bits per heavy atom.